The molecule has 1 unspecified atom stereocenters. The maximum atomic E-state index is 13.8. The van der Waals surface area contributed by atoms with Crippen molar-refractivity contribution < 1.29 is 8.78 Å². The van der Waals surface area contributed by atoms with Gasteiger partial charge in [-0.15, -0.1) is 0 Å². The average molecular weight is 281 g/mol. The monoisotopic (exact) mass is 281 g/mol. The normalized spacial score (nSPS) is 19.4. The fourth-order valence-electron chi connectivity index (χ4n) is 3.33. The fourth-order valence-corrected chi connectivity index (χ4v) is 3.33. The Morgan fingerprint density at radius 2 is 1.75 bits per heavy atom. The van der Waals surface area contributed by atoms with Crippen molar-refractivity contribution in [1.29, 1.82) is 0 Å². The van der Waals surface area contributed by atoms with Gasteiger partial charge >= 0.3 is 0 Å². The summed E-state index contributed by atoms with van der Waals surface area (Å²) in [6, 6.07) is 3.99. The molecule has 1 saturated carbocycles. The van der Waals surface area contributed by atoms with Gasteiger partial charge in [0.2, 0.25) is 0 Å². The molecule has 0 amide bonds. The minimum atomic E-state index is -0.353. The van der Waals surface area contributed by atoms with Crippen LogP contribution in [0.15, 0.2) is 18.2 Å². The van der Waals surface area contributed by atoms with Crippen LogP contribution in [0.3, 0.4) is 0 Å². The van der Waals surface area contributed by atoms with Crippen molar-refractivity contribution in [3.8, 4) is 0 Å². The second kappa shape index (κ2) is 7.72. The van der Waals surface area contributed by atoms with E-state index in [1.807, 2.05) is 7.05 Å². The minimum Gasteiger partial charge on any atom is -0.316 e. The molecule has 1 nitrogen and oxygen atoms in total. The molecular weight excluding hydrogens is 256 g/mol. The second-order valence-electron chi connectivity index (χ2n) is 5.94. The average Bonchev–Trinajstić information content (AvgIpc) is 2.40. The molecule has 0 aromatic heterocycles. The standard InChI is InChI=1S/C17H25F2N/c1-20-17(13-7-5-3-2-4-6-8-13)12-14-11-15(18)9-10-16(14)19/h9-11,13,17,20H,2-8,12H2,1H3. The molecule has 0 saturated heterocycles. The quantitative estimate of drug-likeness (QED) is 0.859. The van der Waals surface area contributed by atoms with Gasteiger partial charge in [0.05, 0.1) is 0 Å². The van der Waals surface area contributed by atoms with Crippen LogP contribution in [-0.2, 0) is 6.42 Å². The number of halogens is 2. The van der Waals surface area contributed by atoms with Gasteiger partial charge in [0, 0.05) is 6.04 Å². The summed E-state index contributed by atoms with van der Waals surface area (Å²) >= 11 is 0. The van der Waals surface area contributed by atoms with E-state index in [1.165, 1.54) is 63.1 Å². The summed E-state index contributed by atoms with van der Waals surface area (Å²) in [5.74, 6) is -0.0746. The van der Waals surface area contributed by atoms with Gasteiger partial charge in [-0.05, 0) is 56.0 Å². The fraction of sp³-hybridized carbons (Fsp3) is 0.647. The summed E-state index contributed by atoms with van der Waals surface area (Å²) < 4.78 is 27.1. The SMILES string of the molecule is CNC(Cc1cc(F)ccc1F)C1CCCCCCC1. The molecule has 2 rings (SSSR count). The van der Waals surface area contributed by atoms with E-state index < -0.39 is 0 Å². The summed E-state index contributed by atoms with van der Waals surface area (Å²) in [5, 5.41) is 3.33. The highest BCUT2D eigenvalue weighted by atomic mass is 19.1. The molecule has 20 heavy (non-hydrogen) atoms. The summed E-state index contributed by atoms with van der Waals surface area (Å²) in [6.07, 6.45) is 9.44. The Kier molecular flexibility index (Phi) is 5.96. The zero-order chi connectivity index (χ0) is 14.4. The van der Waals surface area contributed by atoms with E-state index in [0.29, 0.717) is 17.9 Å². The lowest BCUT2D eigenvalue weighted by atomic mass is 9.83. The summed E-state index contributed by atoms with van der Waals surface area (Å²) in [6.45, 7) is 0. The summed E-state index contributed by atoms with van der Waals surface area (Å²) in [5.41, 5.74) is 0.492. The molecule has 3 heteroatoms. The Hall–Kier alpha value is -0.960. The van der Waals surface area contributed by atoms with E-state index in [9.17, 15) is 8.78 Å². The zero-order valence-corrected chi connectivity index (χ0v) is 12.3. The Labute approximate surface area is 120 Å². The van der Waals surface area contributed by atoms with Crippen LogP contribution in [0.5, 0.6) is 0 Å². The lowest BCUT2D eigenvalue weighted by Crippen LogP contribution is -2.36. The summed E-state index contributed by atoms with van der Waals surface area (Å²) in [7, 11) is 1.93. The molecule has 0 aliphatic heterocycles. The van der Waals surface area contributed by atoms with E-state index >= 15 is 0 Å². The molecule has 1 aromatic rings. The number of hydrogen-bond donors (Lipinski definition) is 1. The molecule has 0 heterocycles. The van der Waals surface area contributed by atoms with Gasteiger partial charge in [-0.3, -0.25) is 0 Å². The van der Waals surface area contributed by atoms with Crippen molar-refractivity contribution in [2.45, 2.75) is 57.4 Å². The van der Waals surface area contributed by atoms with Gasteiger partial charge in [-0.25, -0.2) is 8.78 Å². The predicted molar refractivity (Wildman–Crippen MR) is 78.7 cm³/mol. The van der Waals surface area contributed by atoms with Crippen LogP contribution in [0.1, 0.15) is 50.5 Å². The summed E-state index contributed by atoms with van der Waals surface area (Å²) in [4.78, 5) is 0. The Balaban J connectivity index is 2.04. The number of benzene rings is 1. The maximum Gasteiger partial charge on any atom is 0.126 e. The highest BCUT2D eigenvalue weighted by Gasteiger charge is 2.22. The van der Waals surface area contributed by atoms with Crippen LogP contribution in [0.25, 0.3) is 0 Å². The van der Waals surface area contributed by atoms with Crippen molar-refractivity contribution in [2.24, 2.45) is 5.92 Å². The number of nitrogens with one attached hydrogen (secondary N) is 1. The first-order valence-electron chi connectivity index (χ1n) is 7.82. The molecule has 1 aliphatic carbocycles. The van der Waals surface area contributed by atoms with E-state index in [1.54, 1.807) is 0 Å². The van der Waals surface area contributed by atoms with E-state index in [2.05, 4.69) is 5.32 Å². The van der Waals surface area contributed by atoms with Gasteiger partial charge in [0.15, 0.2) is 0 Å². The molecule has 1 fully saturated rings. The van der Waals surface area contributed by atoms with Crippen LogP contribution >= 0.6 is 0 Å². The zero-order valence-electron chi connectivity index (χ0n) is 12.3. The Morgan fingerprint density at radius 1 is 1.10 bits per heavy atom. The van der Waals surface area contributed by atoms with Crippen molar-refractivity contribution in [3.05, 3.63) is 35.4 Å². The predicted octanol–water partition coefficient (Wildman–Crippen LogP) is 4.46. The number of hydrogen-bond acceptors (Lipinski definition) is 1. The first-order chi connectivity index (χ1) is 9.70. The molecule has 1 atom stereocenters. The van der Waals surface area contributed by atoms with Crippen LogP contribution < -0.4 is 5.32 Å². The molecule has 1 N–H and O–H groups in total. The highest BCUT2D eigenvalue weighted by Crippen LogP contribution is 2.27. The van der Waals surface area contributed by atoms with Gasteiger partial charge in [-0.2, -0.15) is 0 Å². The molecule has 1 aliphatic rings. The number of rotatable bonds is 4. The Morgan fingerprint density at radius 3 is 2.40 bits per heavy atom. The largest absolute Gasteiger partial charge is 0.316 e. The number of likely N-dealkylation sites (N-methyl/N-ethyl adjacent to an activating group) is 1. The van der Waals surface area contributed by atoms with Gasteiger partial charge in [-0.1, -0.05) is 32.1 Å². The lowest BCUT2D eigenvalue weighted by Gasteiger charge is -2.28. The van der Waals surface area contributed by atoms with Crippen LogP contribution in [0.4, 0.5) is 8.78 Å². The Bertz CT molecular complexity index is 411. The second-order valence-corrected chi connectivity index (χ2v) is 5.94. The van der Waals surface area contributed by atoms with Crippen molar-refractivity contribution >= 4 is 0 Å². The molecular formula is C17H25F2N. The first-order valence-corrected chi connectivity index (χ1v) is 7.82. The first kappa shape index (κ1) is 15.4. The molecule has 0 bridgehead atoms. The van der Waals surface area contributed by atoms with E-state index in [4.69, 9.17) is 0 Å². The third-order valence-corrected chi connectivity index (χ3v) is 4.54. The topological polar surface area (TPSA) is 12.0 Å². The lowest BCUT2D eigenvalue weighted by molar-refractivity contribution is 0.292. The van der Waals surface area contributed by atoms with Crippen molar-refractivity contribution in [1.82, 2.24) is 5.32 Å². The molecule has 0 spiro atoms. The van der Waals surface area contributed by atoms with E-state index in [0.717, 1.165) is 0 Å². The van der Waals surface area contributed by atoms with Crippen molar-refractivity contribution in [2.75, 3.05) is 7.05 Å². The smallest absolute Gasteiger partial charge is 0.126 e. The molecule has 112 valence electrons. The molecule has 0 radical (unpaired) electrons. The van der Waals surface area contributed by atoms with Gasteiger partial charge in [0.1, 0.15) is 11.6 Å². The highest BCUT2D eigenvalue weighted by molar-refractivity contribution is 5.20. The molecule has 1 aromatic carbocycles. The third-order valence-electron chi connectivity index (χ3n) is 4.54. The van der Waals surface area contributed by atoms with Gasteiger partial charge in [0.25, 0.3) is 0 Å². The van der Waals surface area contributed by atoms with Gasteiger partial charge < -0.3 is 5.32 Å². The van der Waals surface area contributed by atoms with Crippen LogP contribution in [0, 0.1) is 17.6 Å². The van der Waals surface area contributed by atoms with Crippen molar-refractivity contribution in [3.63, 3.8) is 0 Å². The van der Waals surface area contributed by atoms with E-state index in [-0.39, 0.29) is 17.7 Å². The maximum absolute atomic E-state index is 13.8. The minimum absolute atomic E-state index is 0.240. The third kappa shape index (κ3) is 4.27. The van der Waals surface area contributed by atoms with Crippen LogP contribution in [-0.4, -0.2) is 13.1 Å². The van der Waals surface area contributed by atoms with Crippen LogP contribution in [0.2, 0.25) is 0 Å².